The molecule has 7 nitrogen and oxygen atoms in total. The van der Waals surface area contributed by atoms with E-state index in [2.05, 4.69) is 24.8 Å². The summed E-state index contributed by atoms with van der Waals surface area (Å²) in [5, 5.41) is 0. The molecule has 24 heavy (non-hydrogen) atoms. The highest BCUT2D eigenvalue weighted by Crippen LogP contribution is 2.28. The first-order valence-electron chi connectivity index (χ1n) is 8.16. The standard InChI is InChI=1S/C17H22N6O/c1-22(2)12-14-15(19-9-8-18-14)13-4-10-23(11-5-13)17(24)16-20-6-3-7-21-16/h3,6-9,13H,4-5,10-12H2,1-2H3. The monoisotopic (exact) mass is 326 g/mol. The topological polar surface area (TPSA) is 75.1 Å². The Balaban J connectivity index is 1.66. The van der Waals surface area contributed by atoms with E-state index in [9.17, 15) is 4.79 Å². The third-order valence-electron chi connectivity index (χ3n) is 4.20. The van der Waals surface area contributed by atoms with Gasteiger partial charge in [0, 0.05) is 50.3 Å². The quantitative estimate of drug-likeness (QED) is 0.844. The van der Waals surface area contributed by atoms with Crippen molar-refractivity contribution < 1.29 is 4.79 Å². The summed E-state index contributed by atoms with van der Waals surface area (Å²) in [6.07, 6.45) is 8.47. The van der Waals surface area contributed by atoms with Crippen molar-refractivity contribution in [2.45, 2.75) is 25.3 Å². The van der Waals surface area contributed by atoms with E-state index >= 15 is 0 Å². The molecule has 0 spiro atoms. The number of nitrogens with zero attached hydrogens (tertiary/aromatic N) is 6. The van der Waals surface area contributed by atoms with Crippen LogP contribution >= 0.6 is 0 Å². The maximum atomic E-state index is 12.4. The van der Waals surface area contributed by atoms with Crippen molar-refractivity contribution in [3.8, 4) is 0 Å². The molecule has 1 aliphatic heterocycles. The number of aromatic nitrogens is 4. The summed E-state index contributed by atoms with van der Waals surface area (Å²) in [5.74, 6) is 0.514. The number of amides is 1. The Hall–Kier alpha value is -2.41. The van der Waals surface area contributed by atoms with Crippen LogP contribution < -0.4 is 0 Å². The Labute approximate surface area is 141 Å². The van der Waals surface area contributed by atoms with Crippen LogP contribution in [0.15, 0.2) is 30.9 Å². The van der Waals surface area contributed by atoms with Crippen molar-refractivity contribution in [1.82, 2.24) is 29.7 Å². The molecule has 1 aliphatic rings. The molecule has 1 fully saturated rings. The molecular weight excluding hydrogens is 304 g/mol. The Morgan fingerprint density at radius 2 is 1.75 bits per heavy atom. The number of piperidine rings is 1. The number of carbonyl (C=O) groups is 1. The Bertz CT molecular complexity index is 682. The van der Waals surface area contributed by atoms with Gasteiger partial charge in [-0.25, -0.2) is 9.97 Å². The van der Waals surface area contributed by atoms with Crippen LogP contribution in [0.5, 0.6) is 0 Å². The maximum Gasteiger partial charge on any atom is 0.291 e. The minimum absolute atomic E-state index is 0.0956. The Morgan fingerprint density at radius 1 is 1.08 bits per heavy atom. The van der Waals surface area contributed by atoms with Crippen LogP contribution in [-0.4, -0.2) is 62.8 Å². The summed E-state index contributed by atoms with van der Waals surface area (Å²) in [4.78, 5) is 33.5. The second kappa shape index (κ2) is 7.44. The van der Waals surface area contributed by atoms with Gasteiger partial charge in [-0.2, -0.15) is 0 Å². The fourth-order valence-corrected chi connectivity index (χ4v) is 3.05. The van der Waals surface area contributed by atoms with Gasteiger partial charge in [-0.15, -0.1) is 0 Å². The molecule has 0 N–H and O–H groups in total. The van der Waals surface area contributed by atoms with Crippen LogP contribution in [-0.2, 0) is 6.54 Å². The third-order valence-corrected chi connectivity index (χ3v) is 4.20. The molecule has 1 amide bonds. The first-order chi connectivity index (χ1) is 11.6. The second-order valence-corrected chi connectivity index (χ2v) is 6.26. The minimum Gasteiger partial charge on any atom is -0.336 e. The number of likely N-dealkylation sites (tertiary alicyclic amines) is 1. The largest absolute Gasteiger partial charge is 0.336 e. The molecule has 0 aromatic carbocycles. The van der Waals surface area contributed by atoms with E-state index in [1.54, 1.807) is 30.9 Å². The average Bonchev–Trinajstić information content (AvgIpc) is 2.62. The zero-order chi connectivity index (χ0) is 16.9. The number of carbonyl (C=O) groups excluding carboxylic acids is 1. The molecule has 7 heteroatoms. The van der Waals surface area contributed by atoms with Gasteiger partial charge in [0.05, 0.1) is 11.4 Å². The molecule has 3 heterocycles. The lowest BCUT2D eigenvalue weighted by atomic mass is 9.91. The van der Waals surface area contributed by atoms with Gasteiger partial charge in [0.2, 0.25) is 5.82 Å². The fourth-order valence-electron chi connectivity index (χ4n) is 3.05. The van der Waals surface area contributed by atoms with Gasteiger partial charge >= 0.3 is 0 Å². The van der Waals surface area contributed by atoms with Crippen LogP contribution in [0.1, 0.15) is 40.8 Å². The summed E-state index contributed by atoms with van der Waals surface area (Å²) in [5.41, 5.74) is 2.09. The van der Waals surface area contributed by atoms with Crippen molar-refractivity contribution in [2.24, 2.45) is 0 Å². The first kappa shape index (κ1) is 16.4. The van der Waals surface area contributed by atoms with E-state index in [0.717, 1.165) is 30.8 Å². The maximum absolute atomic E-state index is 12.4. The van der Waals surface area contributed by atoms with Crippen molar-refractivity contribution >= 4 is 5.91 Å². The molecular formula is C17H22N6O. The summed E-state index contributed by atoms with van der Waals surface area (Å²) >= 11 is 0. The molecule has 2 aromatic heterocycles. The lowest BCUT2D eigenvalue weighted by Gasteiger charge is -2.32. The van der Waals surface area contributed by atoms with Crippen LogP contribution in [0.4, 0.5) is 0 Å². The van der Waals surface area contributed by atoms with Gasteiger partial charge in [-0.1, -0.05) is 0 Å². The first-order valence-corrected chi connectivity index (χ1v) is 8.16. The molecule has 0 radical (unpaired) electrons. The van der Waals surface area contributed by atoms with Gasteiger partial charge in [0.25, 0.3) is 5.91 Å². The molecule has 0 saturated carbocycles. The number of hydrogen-bond acceptors (Lipinski definition) is 6. The lowest BCUT2D eigenvalue weighted by molar-refractivity contribution is 0.0699. The van der Waals surface area contributed by atoms with Gasteiger partial charge in [-0.3, -0.25) is 14.8 Å². The van der Waals surface area contributed by atoms with E-state index in [4.69, 9.17) is 0 Å². The van der Waals surface area contributed by atoms with E-state index in [1.165, 1.54) is 0 Å². The zero-order valence-electron chi connectivity index (χ0n) is 14.1. The summed E-state index contributed by atoms with van der Waals surface area (Å²) in [6.45, 7) is 2.17. The molecule has 0 aliphatic carbocycles. The van der Waals surface area contributed by atoms with Gasteiger partial charge in [0.1, 0.15) is 0 Å². The van der Waals surface area contributed by atoms with Crippen LogP contribution in [0.3, 0.4) is 0 Å². The van der Waals surface area contributed by atoms with E-state index < -0.39 is 0 Å². The molecule has 0 unspecified atom stereocenters. The zero-order valence-corrected chi connectivity index (χ0v) is 14.1. The Morgan fingerprint density at radius 3 is 2.42 bits per heavy atom. The molecule has 126 valence electrons. The van der Waals surface area contributed by atoms with Gasteiger partial charge in [-0.05, 0) is 33.0 Å². The fraction of sp³-hybridized carbons (Fsp3) is 0.471. The molecule has 0 atom stereocenters. The third kappa shape index (κ3) is 3.73. The number of rotatable bonds is 4. The predicted octanol–water partition coefficient (Wildman–Crippen LogP) is 1.35. The highest BCUT2D eigenvalue weighted by molar-refractivity contribution is 5.90. The SMILES string of the molecule is CN(C)Cc1nccnc1C1CCN(C(=O)c2ncccn2)CC1. The lowest BCUT2D eigenvalue weighted by Crippen LogP contribution is -2.39. The summed E-state index contributed by atoms with van der Waals surface area (Å²) < 4.78 is 0. The highest BCUT2D eigenvalue weighted by atomic mass is 16.2. The van der Waals surface area contributed by atoms with Gasteiger partial charge in [0.15, 0.2) is 0 Å². The van der Waals surface area contributed by atoms with Crippen LogP contribution in [0, 0.1) is 0 Å². The smallest absolute Gasteiger partial charge is 0.291 e. The predicted molar refractivity (Wildman–Crippen MR) is 89.3 cm³/mol. The summed E-state index contributed by atoms with van der Waals surface area (Å²) in [7, 11) is 4.05. The van der Waals surface area contributed by atoms with Gasteiger partial charge < -0.3 is 9.80 Å². The van der Waals surface area contributed by atoms with Crippen LogP contribution in [0.2, 0.25) is 0 Å². The molecule has 0 bridgehead atoms. The van der Waals surface area contributed by atoms with Crippen molar-refractivity contribution in [3.63, 3.8) is 0 Å². The van der Waals surface area contributed by atoms with E-state index in [-0.39, 0.29) is 11.7 Å². The normalized spacial score (nSPS) is 15.7. The average molecular weight is 326 g/mol. The molecule has 1 saturated heterocycles. The van der Waals surface area contributed by atoms with Crippen molar-refractivity contribution in [2.75, 3.05) is 27.2 Å². The number of hydrogen-bond donors (Lipinski definition) is 0. The molecule has 2 aromatic rings. The Kier molecular flexibility index (Phi) is 5.10. The second-order valence-electron chi connectivity index (χ2n) is 6.26. The highest BCUT2D eigenvalue weighted by Gasteiger charge is 2.28. The van der Waals surface area contributed by atoms with Crippen LogP contribution in [0.25, 0.3) is 0 Å². The van der Waals surface area contributed by atoms with E-state index in [1.807, 2.05) is 19.0 Å². The van der Waals surface area contributed by atoms with E-state index in [0.29, 0.717) is 19.0 Å². The molecule has 3 rings (SSSR count). The van der Waals surface area contributed by atoms with Crippen molar-refractivity contribution in [3.05, 3.63) is 48.1 Å². The minimum atomic E-state index is -0.0956. The van der Waals surface area contributed by atoms with Crippen molar-refractivity contribution in [1.29, 1.82) is 0 Å². The summed E-state index contributed by atoms with van der Waals surface area (Å²) in [6, 6.07) is 1.71.